The van der Waals surface area contributed by atoms with Gasteiger partial charge in [0.25, 0.3) is 5.91 Å². The van der Waals surface area contributed by atoms with Crippen LogP contribution in [0, 0.1) is 0 Å². The Morgan fingerprint density at radius 3 is 2.58 bits per heavy atom. The first-order valence-electron chi connectivity index (χ1n) is 7.98. The average molecular weight is 365 g/mol. The molecule has 5 nitrogen and oxygen atoms in total. The number of benzene rings is 1. The van der Waals surface area contributed by atoms with Crippen LogP contribution in [0.15, 0.2) is 30.5 Å². The zero-order valence-corrected chi connectivity index (χ0v) is 14.6. The van der Waals surface area contributed by atoms with Crippen LogP contribution in [0.3, 0.4) is 0 Å². The summed E-state index contributed by atoms with van der Waals surface area (Å²) >= 11 is 12.2. The van der Waals surface area contributed by atoms with E-state index in [1.165, 1.54) is 12.8 Å². The predicted molar refractivity (Wildman–Crippen MR) is 96.1 cm³/mol. The molecule has 1 aliphatic rings. The highest BCUT2D eigenvalue weighted by atomic mass is 35.5. The van der Waals surface area contributed by atoms with Crippen LogP contribution in [0.25, 0.3) is 0 Å². The molecule has 1 N–H and O–H groups in total. The Kier molecular flexibility index (Phi) is 5.53. The number of hydrogen-bond acceptors (Lipinski definition) is 4. The average Bonchev–Trinajstić information content (AvgIpc) is 2.88. The molecule has 0 bridgehead atoms. The summed E-state index contributed by atoms with van der Waals surface area (Å²) in [6.45, 7) is 1.57. The summed E-state index contributed by atoms with van der Waals surface area (Å²) in [5.41, 5.74) is 0.982. The summed E-state index contributed by atoms with van der Waals surface area (Å²) in [6.07, 6.45) is 6.00. The third-order valence-corrected chi connectivity index (χ3v) is 4.78. The molecule has 1 saturated heterocycles. The molecule has 1 aliphatic heterocycles. The molecule has 0 aliphatic carbocycles. The third kappa shape index (κ3) is 3.97. The van der Waals surface area contributed by atoms with Crippen molar-refractivity contribution in [3.8, 4) is 0 Å². The van der Waals surface area contributed by atoms with Gasteiger partial charge in [0, 0.05) is 19.3 Å². The number of halogens is 2. The number of rotatable bonds is 3. The maximum absolute atomic E-state index is 12.6. The van der Waals surface area contributed by atoms with E-state index in [0.717, 1.165) is 25.9 Å². The van der Waals surface area contributed by atoms with Crippen molar-refractivity contribution >= 4 is 40.7 Å². The first kappa shape index (κ1) is 17.0. The first-order chi connectivity index (χ1) is 11.6. The van der Waals surface area contributed by atoms with E-state index in [-0.39, 0.29) is 5.91 Å². The summed E-state index contributed by atoms with van der Waals surface area (Å²) < 4.78 is 0. The van der Waals surface area contributed by atoms with Crippen LogP contribution in [-0.2, 0) is 0 Å². The number of amides is 1. The summed E-state index contributed by atoms with van der Waals surface area (Å²) in [4.78, 5) is 23.0. The minimum Gasteiger partial charge on any atom is -0.337 e. The SMILES string of the molecule is O=C(c1ccnc(Nc2cccc(Cl)c2Cl)n1)N1CCCCCC1. The first-order valence-corrected chi connectivity index (χ1v) is 8.74. The number of carbonyl (C=O) groups is 1. The van der Waals surface area contributed by atoms with Crippen LogP contribution >= 0.6 is 23.2 Å². The molecular weight excluding hydrogens is 347 g/mol. The Morgan fingerprint density at radius 1 is 1.08 bits per heavy atom. The molecule has 126 valence electrons. The van der Waals surface area contributed by atoms with E-state index in [1.54, 1.807) is 30.5 Å². The molecule has 0 radical (unpaired) electrons. The van der Waals surface area contributed by atoms with E-state index >= 15 is 0 Å². The monoisotopic (exact) mass is 364 g/mol. The fourth-order valence-corrected chi connectivity index (χ4v) is 3.04. The number of carbonyl (C=O) groups excluding carboxylic acids is 1. The second kappa shape index (κ2) is 7.81. The minimum absolute atomic E-state index is 0.0560. The van der Waals surface area contributed by atoms with Crippen LogP contribution in [0.4, 0.5) is 11.6 Å². The van der Waals surface area contributed by atoms with Crippen LogP contribution in [0.1, 0.15) is 36.2 Å². The van der Waals surface area contributed by atoms with Crippen molar-refractivity contribution in [2.45, 2.75) is 25.7 Å². The van der Waals surface area contributed by atoms with Crippen molar-refractivity contribution in [3.05, 3.63) is 46.2 Å². The van der Waals surface area contributed by atoms with Crippen molar-refractivity contribution in [2.75, 3.05) is 18.4 Å². The Balaban J connectivity index is 1.78. The summed E-state index contributed by atoms with van der Waals surface area (Å²) in [7, 11) is 0. The molecule has 0 unspecified atom stereocenters. The Labute approximate surface area is 151 Å². The maximum Gasteiger partial charge on any atom is 0.272 e. The lowest BCUT2D eigenvalue weighted by molar-refractivity contribution is 0.0755. The van der Waals surface area contributed by atoms with Gasteiger partial charge in [0.1, 0.15) is 5.69 Å². The van der Waals surface area contributed by atoms with Gasteiger partial charge in [-0.05, 0) is 31.0 Å². The topological polar surface area (TPSA) is 58.1 Å². The quantitative estimate of drug-likeness (QED) is 0.867. The van der Waals surface area contributed by atoms with Gasteiger partial charge in [-0.25, -0.2) is 9.97 Å². The van der Waals surface area contributed by atoms with Gasteiger partial charge >= 0.3 is 0 Å². The highest BCUT2D eigenvalue weighted by molar-refractivity contribution is 6.43. The molecule has 1 aromatic heterocycles. The highest BCUT2D eigenvalue weighted by Gasteiger charge is 2.19. The van der Waals surface area contributed by atoms with E-state index in [0.29, 0.717) is 27.4 Å². The van der Waals surface area contributed by atoms with E-state index in [2.05, 4.69) is 15.3 Å². The molecule has 2 aromatic rings. The van der Waals surface area contributed by atoms with E-state index < -0.39 is 0 Å². The van der Waals surface area contributed by atoms with Gasteiger partial charge in [0.15, 0.2) is 0 Å². The molecular formula is C17H18Cl2N4O. The fraction of sp³-hybridized carbons (Fsp3) is 0.353. The van der Waals surface area contributed by atoms with Gasteiger partial charge in [-0.15, -0.1) is 0 Å². The normalized spacial score (nSPS) is 15.0. The zero-order chi connectivity index (χ0) is 16.9. The molecule has 1 aromatic carbocycles. The maximum atomic E-state index is 12.6. The molecule has 0 spiro atoms. The Bertz CT molecular complexity index is 730. The molecule has 7 heteroatoms. The van der Waals surface area contributed by atoms with Gasteiger partial charge in [-0.3, -0.25) is 4.79 Å². The van der Waals surface area contributed by atoms with E-state index in [4.69, 9.17) is 23.2 Å². The molecule has 3 rings (SSSR count). The number of likely N-dealkylation sites (tertiary alicyclic amines) is 1. The van der Waals surface area contributed by atoms with Crippen molar-refractivity contribution in [3.63, 3.8) is 0 Å². The van der Waals surface area contributed by atoms with Gasteiger partial charge in [0.05, 0.1) is 15.7 Å². The van der Waals surface area contributed by atoms with Crippen LogP contribution < -0.4 is 5.32 Å². The van der Waals surface area contributed by atoms with Crippen molar-refractivity contribution in [1.82, 2.24) is 14.9 Å². The summed E-state index contributed by atoms with van der Waals surface area (Å²) in [5, 5.41) is 3.85. The van der Waals surface area contributed by atoms with Crippen LogP contribution in [0.2, 0.25) is 10.0 Å². The molecule has 24 heavy (non-hydrogen) atoms. The standard InChI is InChI=1S/C17H18Cl2N4O/c18-12-6-5-7-13(15(12)19)21-17-20-9-8-14(22-17)16(24)23-10-3-1-2-4-11-23/h5-9H,1-4,10-11H2,(H,20,21,22). The zero-order valence-electron chi connectivity index (χ0n) is 13.1. The van der Waals surface area contributed by atoms with Crippen LogP contribution in [0.5, 0.6) is 0 Å². The van der Waals surface area contributed by atoms with Crippen LogP contribution in [-0.4, -0.2) is 33.9 Å². The molecule has 2 heterocycles. The third-order valence-electron chi connectivity index (χ3n) is 3.97. The van der Waals surface area contributed by atoms with Gasteiger partial charge in [-0.2, -0.15) is 0 Å². The smallest absolute Gasteiger partial charge is 0.272 e. The van der Waals surface area contributed by atoms with E-state index in [1.807, 2.05) is 4.90 Å². The lowest BCUT2D eigenvalue weighted by atomic mass is 10.2. The number of nitrogens with one attached hydrogen (secondary N) is 1. The lowest BCUT2D eigenvalue weighted by Gasteiger charge is -2.19. The number of nitrogens with zero attached hydrogens (tertiary/aromatic N) is 3. The summed E-state index contributed by atoms with van der Waals surface area (Å²) in [5.74, 6) is 0.263. The number of aromatic nitrogens is 2. The second-order valence-electron chi connectivity index (χ2n) is 5.70. The fourth-order valence-electron chi connectivity index (χ4n) is 2.69. The van der Waals surface area contributed by atoms with Crippen molar-refractivity contribution in [1.29, 1.82) is 0 Å². The van der Waals surface area contributed by atoms with Crippen molar-refractivity contribution < 1.29 is 4.79 Å². The van der Waals surface area contributed by atoms with E-state index in [9.17, 15) is 4.79 Å². The molecule has 0 saturated carbocycles. The second-order valence-corrected chi connectivity index (χ2v) is 6.48. The lowest BCUT2D eigenvalue weighted by Crippen LogP contribution is -2.32. The molecule has 0 atom stereocenters. The van der Waals surface area contributed by atoms with Gasteiger partial charge in [0.2, 0.25) is 5.95 Å². The Morgan fingerprint density at radius 2 is 1.83 bits per heavy atom. The molecule has 1 amide bonds. The summed E-state index contributed by atoms with van der Waals surface area (Å²) in [6, 6.07) is 6.90. The van der Waals surface area contributed by atoms with Gasteiger partial charge < -0.3 is 10.2 Å². The predicted octanol–water partition coefficient (Wildman–Crippen LogP) is 4.54. The largest absolute Gasteiger partial charge is 0.337 e. The highest BCUT2D eigenvalue weighted by Crippen LogP contribution is 2.30. The van der Waals surface area contributed by atoms with Gasteiger partial charge in [-0.1, -0.05) is 42.1 Å². The molecule has 1 fully saturated rings. The minimum atomic E-state index is -0.0560. The number of hydrogen-bond donors (Lipinski definition) is 1. The number of anilines is 2. The Hall–Kier alpha value is -1.85. The van der Waals surface area contributed by atoms with Crippen molar-refractivity contribution in [2.24, 2.45) is 0 Å².